The van der Waals surface area contributed by atoms with Crippen molar-refractivity contribution in [1.82, 2.24) is 24.4 Å². The van der Waals surface area contributed by atoms with Gasteiger partial charge in [-0.2, -0.15) is 0 Å². The number of rotatable bonds is 4. The highest BCUT2D eigenvalue weighted by molar-refractivity contribution is 5.76. The van der Waals surface area contributed by atoms with Gasteiger partial charge in [-0.05, 0) is 62.7 Å². The van der Waals surface area contributed by atoms with Gasteiger partial charge in [0, 0.05) is 25.7 Å². The van der Waals surface area contributed by atoms with Gasteiger partial charge in [-0.3, -0.25) is 9.20 Å². The summed E-state index contributed by atoms with van der Waals surface area (Å²) in [6.45, 7) is 4.27. The van der Waals surface area contributed by atoms with Crippen LogP contribution in [0, 0.1) is 11.8 Å². The molecule has 2 aliphatic heterocycles. The lowest BCUT2D eigenvalue weighted by Crippen LogP contribution is -2.44. The van der Waals surface area contributed by atoms with E-state index in [-0.39, 0.29) is 11.6 Å². The molecule has 1 unspecified atom stereocenters. The van der Waals surface area contributed by atoms with Crippen LogP contribution in [-0.4, -0.2) is 51.2 Å². The molecule has 1 atom stereocenters. The van der Waals surface area contributed by atoms with Crippen molar-refractivity contribution in [3.63, 3.8) is 0 Å². The van der Waals surface area contributed by atoms with Crippen LogP contribution < -0.4 is 11.0 Å². The van der Waals surface area contributed by atoms with Crippen LogP contribution in [0.15, 0.2) is 29.2 Å². The first-order valence-corrected chi connectivity index (χ1v) is 9.75. The van der Waals surface area contributed by atoms with E-state index in [0.717, 1.165) is 38.5 Å². The summed E-state index contributed by atoms with van der Waals surface area (Å²) in [6.07, 6.45) is 6.82. The number of carbonyl (C=O) groups excluding carboxylic acids is 1. The molecule has 0 bridgehead atoms. The zero-order chi connectivity index (χ0) is 17.9. The maximum absolute atomic E-state index is 12.7. The molecule has 140 valence electrons. The Hall–Kier alpha value is -2.15. The van der Waals surface area contributed by atoms with E-state index in [0.29, 0.717) is 24.5 Å². The number of carbonyl (C=O) groups is 1. The van der Waals surface area contributed by atoms with Crippen molar-refractivity contribution in [2.75, 3.05) is 26.2 Å². The highest BCUT2D eigenvalue weighted by atomic mass is 16.2. The first-order valence-electron chi connectivity index (χ1n) is 9.75. The third-order valence-electron chi connectivity index (χ3n) is 5.89. The second-order valence-corrected chi connectivity index (χ2v) is 7.51. The van der Waals surface area contributed by atoms with Crippen molar-refractivity contribution in [2.24, 2.45) is 11.8 Å². The number of nitrogens with zero attached hydrogens (tertiary/aromatic N) is 4. The van der Waals surface area contributed by atoms with Gasteiger partial charge in [0.25, 0.3) is 0 Å². The minimum absolute atomic E-state index is 0.146. The SMILES string of the molecule is O=C(CCn1nc2ccccn2c1=O)N1CCCC(C2CCNCC2)C1. The predicted octanol–water partition coefficient (Wildman–Crippen LogP) is 1.12. The van der Waals surface area contributed by atoms with Gasteiger partial charge in [0.1, 0.15) is 0 Å². The Balaban J connectivity index is 1.36. The minimum Gasteiger partial charge on any atom is -0.342 e. The number of hydrogen-bond acceptors (Lipinski definition) is 4. The summed E-state index contributed by atoms with van der Waals surface area (Å²) in [5, 5.41) is 7.73. The summed E-state index contributed by atoms with van der Waals surface area (Å²) in [7, 11) is 0. The molecular weight excluding hydrogens is 330 g/mol. The summed E-state index contributed by atoms with van der Waals surface area (Å²) in [5.74, 6) is 1.52. The monoisotopic (exact) mass is 357 g/mol. The Labute approximate surface area is 153 Å². The van der Waals surface area contributed by atoms with Crippen molar-refractivity contribution >= 4 is 11.6 Å². The van der Waals surface area contributed by atoms with Crippen LogP contribution in [-0.2, 0) is 11.3 Å². The number of likely N-dealkylation sites (tertiary alicyclic amines) is 1. The number of nitrogens with one attached hydrogen (secondary N) is 1. The molecule has 2 aromatic rings. The second kappa shape index (κ2) is 7.61. The maximum Gasteiger partial charge on any atom is 0.350 e. The predicted molar refractivity (Wildman–Crippen MR) is 99.0 cm³/mol. The average Bonchev–Trinajstić information content (AvgIpc) is 3.03. The minimum atomic E-state index is -0.181. The van der Waals surface area contributed by atoms with E-state index in [1.54, 1.807) is 18.3 Å². The Morgan fingerprint density at radius 3 is 2.85 bits per heavy atom. The van der Waals surface area contributed by atoms with Gasteiger partial charge in [0.15, 0.2) is 5.65 Å². The normalized spacial score (nSPS) is 22.0. The molecule has 4 heterocycles. The fourth-order valence-corrected chi connectivity index (χ4v) is 4.41. The van der Waals surface area contributed by atoms with Gasteiger partial charge in [-0.1, -0.05) is 6.07 Å². The Morgan fingerprint density at radius 2 is 2.04 bits per heavy atom. The quantitative estimate of drug-likeness (QED) is 0.890. The Bertz CT molecular complexity index is 821. The molecule has 7 nitrogen and oxygen atoms in total. The number of piperidine rings is 2. The first-order chi connectivity index (χ1) is 12.7. The lowest BCUT2D eigenvalue weighted by molar-refractivity contribution is -0.133. The standard InChI is InChI=1S/C19H27N5O2/c25-18(8-13-24-19(26)23-12-2-1-5-17(23)21-24)22-11-3-4-16(14-22)15-6-9-20-10-7-15/h1-2,5,12,15-16,20H,3-4,6-11,13-14H2. The van der Waals surface area contributed by atoms with Gasteiger partial charge in [-0.25, -0.2) is 9.48 Å². The highest BCUT2D eigenvalue weighted by Gasteiger charge is 2.30. The number of aryl methyl sites for hydroxylation is 1. The van der Waals surface area contributed by atoms with Crippen LogP contribution in [0.2, 0.25) is 0 Å². The molecule has 2 aliphatic rings. The zero-order valence-corrected chi connectivity index (χ0v) is 15.1. The summed E-state index contributed by atoms with van der Waals surface area (Å²) in [5.41, 5.74) is 0.438. The van der Waals surface area contributed by atoms with Crippen molar-refractivity contribution in [1.29, 1.82) is 0 Å². The largest absolute Gasteiger partial charge is 0.350 e. The summed E-state index contributed by atoms with van der Waals surface area (Å²) in [6, 6.07) is 5.46. The number of fused-ring (bicyclic) bond motifs is 1. The maximum atomic E-state index is 12.7. The molecule has 0 spiro atoms. The number of pyridine rings is 1. The fourth-order valence-electron chi connectivity index (χ4n) is 4.41. The van der Waals surface area contributed by atoms with Crippen LogP contribution in [0.1, 0.15) is 32.1 Å². The van der Waals surface area contributed by atoms with Crippen LogP contribution in [0.25, 0.3) is 5.65 Å². The molecule has 0 saturated carbocycles. The van der Waals surface area contributed by atoms with Crippen molar-refractivity contribution in [3.8, 4) is 0 Å². The van der Waals surface area contributed by atoms with E-state index in [1.807, 2.05) is 11.0 Å². The molecule has 1 N–H and O–H groups in total. The molecule has 4 rings (SSSR count). The van der Waals surface area contributed by atoms with Crippen molar-refractivity contribution in [2.45, 2.75) is 38.6 Å². The van der Waals surface area contributed by atoms with E-state index in [9.17, 15) is 9.59 Å². The number of amides is 1. The van der Waals surface area contributed by atoms with E-state index in [2.05, 4.69) is 10.4 Å². The van der Waals surface area contributed by atoms with Crippen LogP contribution >= 0.6 is 0 Å². The lowest BCUT2D eigenvalue weighted by Gasteiger charge is -2.38. The summed E-state index contributed by atoms with van der Waals surface area (Å²) < 4.78 is 2.92. The topological polar surface area (TPSA) is 71.6 Å². The van der Waals surface area contributed by atoms with E-state index in [4.69, 9.17) is 0 Å². The summed E-state index contributed by atoms with van der Waals surface area (Å²) in [4.78, 5) is 27.0. The molecule has 7 heteroatoms. The van der Waals surface area contributed by atoms with Crippen LogP contribution in [0.5, 0.6) is 0 Å². The van der Waals surface area contributed by atoms with Gasteiger partial charge < -0.3 is 10.2 Å². The van der Waals surface area contributed by atoms with Crippen LogP contribution in [0.3, 0.4) is 0 Å². The Morgan fingerprint density at radius 1 is 1.19 bits per heavy atom. The molecule has 2 aromatic heterocycles. The fraction of sp³-hybridized carbons (Fsp3) is 0.632. The third kappa shape index (κ3) is 3.53. The zero-order valence-electron chi connectivity index (χ0n) is 15.1. The number of hydrogen-bond donors (Lipinski definition) is 1. The van der Waals surface area contributed by atoms with Gasteiger partial charge in [-0.15, -0.1) is 5.10 Å². The van der Waals surface area contributed by atoms with E-state index < -0.39 is 0 Å². The molecular formula is C19H27N5O2. The third-order valence-corrected chi connectivity index (χ3v) is 5.89. The van der Waals surface area contributed by atoms with Crippen molar-refractivity contribution in [3.05, 3.63) is 34.9 Å². The highest BCUT2D eigenvalue weighted by Crippen LogP contribution is 2.30. The molecule has 1 amide bonds. The van der Waals surface area contributed by atoms with Crippen molar-refractivity contribution < 1.29 is 4.79 Å². The second-order valence-electron chi connectivity index (χ2n) is 7.51. The Kier molecular flexibility index (Phi) is 5.06. The van der Waals surface area contributed by atoms with Gasteiger partial charge >= 0.3 is 5.69 Å². The lowest BCUT2D eigenvalue weighted by atomic mass is 9.80. The van der Waals surface area contributed by atoms with Gasteiger partial charge in [0.05, 0.1) is 6.54 Å². The van der Waals surface area contributed by atoms with E-state index in [1.165, 1.54) is 28.3 Å². The van der Waals surface area contributed by atoms with E-state index >= 15 is 0 Å². The van der Waals surface area contributed by atoms with Gasteiger partial charge in [0.2, 0.25) is 5.91 Å². The molecule has 26 heavy (non-hydrogen) atoms. The van der Waals surface area contributed by atoms with Crippen LogP contribution in [0.4, 0.5) is 0 Å². The molecule has 0 radical (unpaired) electrons. The summed E-state index contributed by atoms with van der Waals surface area (Å²) >= 11 is 0. The molecule has 2 fully saturated rings. The first kappa shape index (κ1) is 17.3. The smallest absolute Gasteiger partial charge is 0.342 e. The number of aromatic nitrogens is 3. The average molecular weight is 357 g/mol. The molecule has 0 aromatic carbocycles. The molecule has 2 saturated heterocycles. The molecule has 0 aliphatic carbocycles.